The van der Waals surface area contributed by atoms with Crippen molar-refractivity contribution in [2.24, 2.45) is 10.9 Å². The van der Waals surface area contributed by atoms with Crippen molar-refractivity contribution in [1.29, 1.82) is 0 Å². The van der Waals surface area contributed by atoms with Gasteiger partial charge in [0.2, 0.25) is 5.89 Å². The number of aryl methyl sites for hydroxylation is 1. The molecule has 6 nitrogen and oxygen atoms in total. The minimum absolute atomic E-state index is 0.0279. The van der Waals surface area contributed by atoms with E-state index in [4.69, 9.17) is 26.6 Å². The first-order valence-electron chi connectivity index (χ1n) is 7.22. The normalized spacial score (nSPS) is 11.5. The Morgan fingerprint density at radius 1 is 1.21 bits per heavy atom. The number of hydrogen-bond acceptors (Lipinski definition) is 5. The van der Waals surface area contributed by atoms with Crippen LogP contribution in [0.5, 0.6) is 0 Å². The maximum absolute atomic E-state index is 5.90. The molecule has 3 rings (SSSR count). The van der Waals surface area contributed by atoms with E-state index >= 15 is 0 Å². The van der Waals surface area contributed by atoms with E-state index in [2.05, 4.69) is 15.4 Å². The zero-order valence-corrected chi connectivity index (χ0v) is 13.7. The zero-order valence-electron chi connectivity index (χ0n) is 12.9. The predicted molar refractivity (Wildman–Crippen MR) is 91.4 cm³/mol. The number of benzene rings is 2. The monoisotopic (exact) mass is 342 g/mol. The second-order valence-electron chi connectivity index (χ2n) is 5.13. The molecule has 24 heavy (non-hydrogen) atoms. The first-order chi connectivity index (χ1) is 11.6. The summed E-state index contributed by atoms with van der Waals surface area (Å²) in [6.07, 6.45) is 0. The molecule has 0 aliphatic heterocycles. The summed E-state index contributed by atoms with van der Waals surface area (Å²) >= 11 is 5.90. The molecule has 0 fully saturated rings. The van der Waals surface area contributed by atoms with Gasteiger partial charge < -0.3 is 15.0 Å². The molecule has 7 heteroatoms. The van der Waals surface area contributed by atoms with E-state index in [-0.39, 0.29) is 12.4 Å². The van der Waals surface area contributed by atoms with Gasteiger partial charge >= 0.3 is 0 Å². The fourth-order valence-corrected chi connectivity index (χ4v) is 2.17. The van der Waals surface area contributed by atoms with Crippen LogP contribution in [-0.4, -0.2) is 16.0 Å². The van der Waals surface area contributed by atoms with Crippen LogP contribution < -0.4 is 5.73 Å². The Kier molecular flexibility index (Phi) is 4.77. The smallest absolute Gasteiger partial charge is 0.257 e. The largest absolute Gasteiger partial charge is 0.417 e. The van der Waals surface area contributed by atoms with E-state index in [1.165, 1.54) is 0 Å². The molecule has 0 bridgehead atoms. The summed E-state index contributed by atoms with van der Waals surface area (Å²) in [5, 5.41) is 12.3. The van der Waals surface area contributed by atoms with Gasteiger partial charge in [0, 0.05) is 16.1 Å². The van der Waals surface area contributed by atoms with E-state index in [1.807, 2.05) is 31.2 Å². The van der Waals surface area contributed by atoms with Gasteiger partial charge in [0.05, 0.1) is 0 Å². The molecule has 0 radical (unpaired) electrons. The second-order valence-corrected chi connectivity index (χ2v) is 5.56. The van der Waals surface area contributed by atoms with Crippen LogP contribution in [0.2, 0.25) is 5.02 Å². The molecule has 0 saturated carbocycles. The van der Waals surface area contributed by atoms with Crippen LogP contribution >= 0.6 is 11.6 Å². The molecular formula is C17H15ClN4O2. The van der Waals surface area contributed by atoms with Crippen LogP contribution in [0.1, 0.15) is 17.0 Å². The highest BCUT2D eigenvalue weighted by Crippen LogP contribution is 2.18. The van der Waals surface area contributed by atoms with Crippen LogP contribution in [0.3, 0.4) is 0 Å². The summed E-state index contributed by atoms with van der Waals surface area (Å²) in [5.41, 5.74) is 8.52. The molecule has 0 aliphatic rings. The van der Waals surface area contributed by atoms with Gasteiger partial charge in [-0.1, -0.05) is 46.6 Å². The van der Waals surface area contributed by atoms with Crippen molar-refractivity contribution in [3.8, 4) is 11.5 Å². The third kappa shape index (κ3) is 3.91. The fraction of sp³-hybridized carbons (Fsp3) is 0.118. The lowest BCUT2D eigenvalue weighted by atomic mass is 10.1. The average Bonchev–Trinajstić information content (AvgIpc) is 3.04. The lowest BCUT2D eigenvalue weighted by molar-refractivity contribution is 0.111. The topological polar surface area (TPSA) is 86.5 Å². The van der Waals surface area contributed by atoms with Crippen molar-refractivity contribution >= 4 is 17.4 Å². The van der Waals surface area contributed by atoms with Gasteiger partial charge in [0.1, 0.15) is 0 Å². The van der Waals surface area contributed by atoms with Crippen molar-refractivity contribution < 1.29 is 9.25 Å². The Balaban J connectivity index is 1.63. The highest BCUT2D eigenvalue weighted by molar-refractivity contribution is 6.31. The number of oxime groups is 1. The highest BCUT2D eigenvalue weighted by Gasteiger charge is 2.09. The third-order valence-electron chi connectivity index (χ3n) is 3.24. The lowest BCUT2D eigenvalue weighted by Crippen LogP contribution is -2.13. The van der Waals surface area contributed by atoms with Crippen molar-refractivity contribution in [1.82, 2.24) is 10.2 Å². The van der Waals surface area contributed by atoms with E-state index in [9.17, 15) is 0 Å². The van der Waals surface area contributed by atoms with Crippen molar-refractivity contribution in [3.63, 3.8) is 0 Å². The highest BCUT2D eigenvalue weighted by atomic mass is 35.5. The van der Waals surface area contributed by atoms with Gasteiger partial charge in [0.25, 0.3) is 5.89 Å². The van der Waals surface area contributed by atoms with Gasteiger partial charge in [-0.05, 0) is 31.2 Å². The molecule has 1 heterocycles. The van der Waals surface area contributed by atoms with Crippen LogP contribution in [0.4, 0.5) is 0 Å². The van der Waals surface area contributed by atoms with Crippen LogP contribution in [0.25, 0.3) is 11.5 Å². The SMILES string of the molecule is Cc1ccc(-c2nnc(CO/N=C(/N)c3cccc(Cl)c3)o2)cc1. The Morgan fingerprint density at radius 2 is 2.00 bits per heavy atom. The van der Waals surface area contributed by atoms with Crippen LogP contribution in [0, 0.1) is 6.92 Å². The summed E-state index contributed by atoms with van der Waals surface area (Å²) in [6, 6.07) is 14.8. The number of aromatic nitrogens is 2. The summed E-state index contributed by atoms with van der Waals surface area (Å²) < 4.78 is 5.54. The minimum atomic E-state index is 0.0279. The summed E-state index contributed by atoms with van der Waals surface area (Å²) in [4.78, 5) is 5.17. The van der Waals surface area contributed by atoms with Gasteiger partial charge in [-0.2, -0.15) is 0 Å². The van der Waals surface area contributed by atoms with Crippen molar-refractivity contribution in [2.45, 2.75) is 13.5 Å². The Labute approximate surface area is 143 Å². The maximum Gasteiger partial charge on any atom is 0.257 e. The molecule has 0 spiro atoms. The van der Waals surface area contributed by atoms with E-state index in [1.54, 1.807) is 24.3 Å². The van der Waals surface area contributed by atoms with Gasteiger partial charge in [-0.15, -0.1) is 10.2 Å². The molecule has 122 valence electrons. The summed E-state index contributed by atoms with van der Waals surface area (Å²) in [7, 11) is 0. The quantitative estimate of drug-likeness (QED) is 0.435. The molecule has 2 aromatic carbocycles. The van der Waals surface area contributed by atoms with Gasteiger partial charge in [0.15, 0.2) is 12.4 Å². The number of hydrogen-bond donors (Lipinski definition) is 1. The number of nitrogens with zero attached hydrogens (tertiary/aromatic N) is 3. The van der Waals surface area contributed by atoms with Crippen LogP contribution in [0.15, 0.2) is 58.1 Å². The van der Waals surface area contributed by atoms with E-state index in [0.717, 1.165) is 11.1 Å². The second kappa shape index (κ2) is 7.14. The van der Waals surface area contributed by atoms with Crippen LogP contribution in [-0.2, 0) is 11.4 Å². The molecule has 0 unspecified atom stereocenters. The third-order valence-corrected chi connectivity index (χ3v) is 3.47. The zero-order chi connectivity index (χ0) is 16.9. The first kappa shape index (κ1) is 16.0. The maximum atomic E-state index is 5.90. The number of rotatable bonds is 5. The molecular weight excluding hydrogens is 328 g/mol. The lowest BCUT2D eigenvalue weighted by Gasteiger charge is -2.01. The molecule has 0 aliphatic carbocycles. The van der Waals surface area contributed by atoms with E-state index in [0.29, 0.717) is 22.4 Å². The number of halogens is 1. The average molecular weight is 343 g/mol. The summed E-state index contributed by atoms with van der Waals surface area (Å²) in [6.45, 7) is 2.04. The van der Waals surface area contributed by atoms with Gasteiger partial charge in [-0.25, -0.2) is 0 Å². The van der Waals surface area contributed by atoms with Crippen molar-refractivity contribution in [3.05, 3.63) is 70.6 Å². The fourth-order valence-electron chi connectivity index (χ4n) is 1.98. The molecule has 2 N–H and O–H groups in total. The molecule has 0 saturated heterocycles. The number of amidine groups is 1. The van der Waals surface area contributed by atoms with E-state index < -0.39 is 0 Å². The Morgan fingerprint density at radius 3 is 2.75 bits per heavy atom. The molecule has 0 amide bonds. The minimum Gasteiger partial charge on any atom is -0.417 e. The first-order valence-corrected chi connectivity index (χ1v) is 7.60. The standard InChI is InChI=1S/C17H15ClN4O2/c1-11-5-7-12(8-6-11)17-21-20-15(24-17)10-23-22-16(19)13-3-2-4-14(18)9-13/h2-9H,10H2,1H3,(H2,19,22). The molecule has 1 aromatic heterocycles. The molecule has 3 aromatic rings. The molecule has 0 atom stereocenters. The predicted octanol–water partition coefficient (Wildman–Crippen LogP) is 3.54. The Hall–Kier alpha value is -2.86. The number of nitrogens with two attached hydrogens (primary N) is 1. The summed E-state index contributed by atoms with van der Waals surface area (Å²) in [5.74, 6) is 0.962. The van der Waals surface area contributed by atoms with Gasteiger partial charge in [-0.3, -0.25) is 0 Å². The van der Waals surface area contributed by atoms with Crippen molar-refractivity contribution in [2.75, 3.05) is 0 Å². The Bertz CT molecular complexity index is 859.